The second-order valence-corrected chi connectivity index (χ2v) is 8.55. The first-order valence-corrected chi connectivity index (χ1v) is 9.77. The molecule has 6 nitrogen and oxygen atoms in total. The highest BCUT2D eigenvalue weighted by atomic mass is 32.2. The Hall–Kier alpha value is -2.45. The third-order valence-corrected chi connectivity index (χ3v) is 5.91. The van der Waals surface area contributed by atoms with E-state index in [1.54, 1.807) is 7.05 Å². The van der Waals surface area contributed by atoms with Crippen LogP contribution in [0.2, 0.25) is 0 Å². The van der Waals surface area contributed by atoms with Crippen molar-refractivity contribution in [3.63, 3.8) is 0 Å². The first kappa shape index (κ1) is 20.9. The third-order valence-electron chi connectivity index (χ3n) is 4.11. The van der Waals surface area contributed by atoms with Crippen molar-refractivity contribution in [2.75, 3.05) is 32.0 Å². The molecule has 0 spiro atoms. The van der Waals surface area contributed by atoms with Gasteiger partial charge in [0.2, 0.25) is 5.91 Å². The summed E-state index contributed by atoms with van der Waals surface area (Å²) >= 11 is 0. The van der Waals surface area contributed by atoms with Crippen molar-refractivity contribution in [1.29, 1.82) is 0 Å². The zero-order valence-electron chi connectivity index (χ0n) is 15.9. The predicted octanol–water partition coefficient (Wildman–Crippen LogP) is 2.41. The zero-order valence-corrected chi connectivity index (χ0v) is 16.7. The van der Waals surface area contributed by atoms with E-state index in [2.05, 4.69) is 0 Å². The number of hydrogen-bond acceptors (Lipinski definition) is 3. The molecule has 0 radical (unpaired) electrons. The Kier molecular flexibility index (Phi) is 6.56. The number of nitrogens with zero attached hydrogens (tertiary/aromatic N) is 3. The number of anilines is 1. The summed E-state index contributed by atoms with van der Waals surface area (Å²) in [6.45, 7) is 1.80. The number of carbonyl (C=O) groups is 1. The Morgan fingerprint density at radius 2 is 1.59 bits per heavy atom. The van der Waals surface area contributed by atoms with Gasteiger partial charge in [0.25, 0.3) is 0 Å². The van der Waals surface area contributed by atoms with Crippen molar-refractivity contribution in [2.24, 2.45) is 0 Å². The number of para-hydroxylation sites is 1. The van der Waals surface area contributed by atoms with Crippen LogP contribution < -0.4 is 4.31 Å². The molecule has 0 heterocycles. The van der Waals surface area contributed by atoms with E-state index < -0.39 is 28.5 Å². The molecule has 0 saturated heterocycles. The van der Waals surface area contributed by atoms with Gasteiger partial charge in [-0.2, -0.15) is 12.7 Å². The van der Waals surface area contributed by atoms with Crippen molar-refractivity contribution >= 4 is 21.8 Å². The van der Waals surface area contributed by atoms with Gasteiger partial charge in [-0.25, -0.2) is 8.70 Å². The van der Waals surface area contributed by atoms with Gasteiger partial charge in [0, 0.05) is 27.7 Å². The molecule has 2 rings (SSSR count). The summed E-state index contributed by atoms with van der Waals surface area (Å²) in [5.41, 5.74) is 1.86. The van der Waals surface area contributed by atoms with Crippen molar-refractivity contribution < 1.29 is 17.6 Å². The molecule has 0 aliphatic heterocycles. The van der Waals surface area contributed by atoms with Gasteiger partial charge in [-0.3, -0.25) is 4.79 Å². The fraction of sp³-hybridized carbons (Fsp3) is 0.316. The first-order valence-electron chi connectivity index (χ1n) is 8.37. The van der Waals surface area contributed by atoms with Crippen LogP contribution >= 0.6 is 0 Å². The maximum Gasteiger partial charge on any atom is 0.304 e. The minimum absolute atomic E-state index is 0.164. The van der Waals surface area contributed by atoms with Crippen LogP contribution in [0.4, 0.5) is 10.1 Å². The topological polar surface area (TPSA) is 60.9 Å². The van der Waals surface area contributed by atoms with Crippen molar-refractivity contribution in [1.82, 2.24) is 9.21 Å². The molecule has 0 N–H and O–H groups in total. The van der Waals surface area contributed by atoms with E-state index in [0.717, 1.165) is 25.8 Å². The van der Waals surface area contributed by atoms with E-state index in [1.807, 2.05) is 31.2 Å². The maximum atomic E-state index is 14.2. The number of amides is 1. The second-order valence-electron chi connectivity index (χ2n) is 6.48. The fourth-order valence-corrected chi connectivity index (χ4v) is 3.51. The van der Waals surface area contributed by atoms with Gasteiger partial charge in [0.15, 0.2) is 0 Å². The number of halogens is 1. The van der Waals surface area contributed by atoms with Gasteiger partial charge < -0.3 is 4.90 Å². The molecule has 0 bridgehead atoms. The lowest BCUT2D eigenvalue weighted by molar-refractivity contribution is -0.128. The Labute approximate surface area is 160 Å². The molecule has 27 heavy (non-hydrogen) atoms. The van der Waals surface area contributed by atoms with Gasteiger partial charge >= 0.3 is 10.2 Å². The van der Waals surface area contributed by atoms with E-state index in [4.69, 9.17) is 0 Å². The quantitative estimate of drug-likeness (QED) is 0.726. The number of carbonyl (C=O) groups excluding carboxylic acids is 1. The van der Waals surface area contributed by atoms with Gasteiger partial charge in [-0.1, -0.05) is 42.0 Å². The molecule has 0 fully saturated rings. The van der Waals surface area contributed by atoms with Gasteiger partial charge in [-0.15, -0.1) is 0 Å². The second kappa shape index (κ2) is 8.49. The van der Waals surface area contributed by atoms with E-state index in [0.29, 0.717) is 6.54 Å². The Bertz CT molecular complexity index is 899. The Morgan fingerprint density at radius 1 is 1.00 bits per heavy atom. The van der Waals surface area contributed by atoms with Gasteiger partial charge in [-0.05, 0) is 24.6 Å². The molecular weight excluding hydrogens is 369 g/mol. The van der Waals surface area contributed by atoms with Crippen LogP contribution in [0.15, 0.2) is 48.5 Å². The predicted molar refractivity (Wildman–Crippen MR) is 104 cm³/mol. The van der Waals surface area contributed by atoms with E-state index in [9.17, 15) is 17.6 Å². The molecule has 0 atom stereocenters. The largest absolute Gasteiger partial charge is 0.340 e. The van der Waals surface area contributed by atoms with Crippen LogP contribution in [0.3, 0.4) is 0 Å². The highest BCUT2D eigenvalue weighted by Gasteiger charge is 2.30. The summed E-state index contributed by atoms with van der Waals surface area (Å²) in [7, 11) is 0.219. The highest BCUT2D eigenvalue weighted by Crippen LogP contribution is 2.23. The number of likely N-dealkylation sites (N-methyl/N-ethyl adjacent to an activating group) is 1. The molecule has 146 valence electrons. The van der Waals surface area contributed by atoms with Crippen molar-refractivity contribution in [2.45, 2.75) is 13.5 Å². The van der Waals surface area contributed by atoms with Crippen molar-refractivity contribution in [3.8, 4) is 0 Å². The molecule has 0 aliphatic carbocycles. The molecule has 8 heteroatoms. The molecule has 0 aliphatic rings. The standard InChI is InChI=1S/C19H24FN3O3S/c1-15-9-11-16(12-10-15)13-22(4)19(24)14-23(27(25,26)21(2)3)18-8-6-5-7-17(18)20/h5-12H,13-14H2,1-4H3. The lowest BCUT2D eigenvalue weighted by atomic mass is 10.1. The smallest absolute Gasteiger partial charge is 0.304 e. The molecule has 0 aromatic heterocycles. The van der Waals surface area contributed by atoms with Crippen LogP contribution in [-0.2, 0) is 21.5 Å². The Morgan fingerprint density at radius 3 is 2.15 bits per heavy atom. The highest BCUT2D eigenvalue weighted by molar-refractivity contribution is 7.90. The Balaban J connectivity index is 2.25. The maximum absolute atomic E-state index is 14.2. The van der Waals surface area contributed by atoms with Crippen LogP contribution in [0.1, 0.15) is 11.1 Å². The molecule has 0 unspecified atom stereocenters. The fourth-order valence-electron chi connectivity index (χ4n) is 2.44. The monoisotopic (exact) mass is 393 g/mol. The van der Waals surface area contributed by atoms with E-state index in [1.165, 1.54) is 37.2 Å². The van der Waals surface area contributed by atoms with Crippen molar-refractivity contribution in [3.05, 3.63) is 65.5 Å². The normalized spacial score (nSPS) is 11.5. The van der Waals surface area contributed by atoms with Crippen LogP contribution in [0, 0.1) is 12.7 Å². The van der Waals surface area contributed by atoms with Crippen LogP contribution in [0.25, 0.3) is 0 Å². The minimum Gasteiger partial charge on any atom is -0.340 e. The van der Waals surface area contributed by atoms with Crippen LogP contribution in [0.5, 0.6) is 0 Å². The molecule has 1 amide bonds. The summed E-state index contributed by atoms with van der Waals surface area (Å²) < 4.78 is 41.3. The van der Waals surface area contributed by atoms with Gasteiger partial charge in [0.05, 0.1) is 5.69 Å². The SMILES string of the molecule is Cc1ccc(CN(C)C(=O)CN(c2ccccc2F)S(=O)(=O)N(C)C)cc1. The number of rotatable bonds is 7. The summed E-state index contributed by atoms with van der Waals surface area (Å²) in [4.78, 5) is 14.1. The number of benzene rings is 2. The average molecular weight is 393 g/mol. The third kappa shape index (κ3) is 5.05. The summed E-state index contributed by atoms with van der Waals surface area (Å²) in [6.07, 6.45) is 0. The first-order chi connectivity index (χ1) is 12.6. The lowest BCUT2D eigenvalue weighted by Crippen LogP contribution is -2.46. The summed E-state index contributed by atoms with van der Waals surface area (Å²) in [5, 5.41) is 0. The zero-order chi connectivity index (χ0) is 20.2. The summed E-state index contributed by atoms with van der Waals surface area (Å²) in [6, 6.07) is 13.2. The molecule has 0 saturated carbocycles. The molecule has 2 aromatic rings. The minimum atomic E-state index is -4.04. The van der Waals surface area contributed by atoms with Crippen LogP contribution in [-0.4, -0.2) is 51.2 Å². The molecule has 2 aromatic carbocycles. The van der Waals surface area contributed by atoms with Gasteiger partial charge in [0.1, 0.15) is 12.4 Å². The molecular formula is C19H24FN3O3S. The van der Waals surface area contributed by atoms with E-state index >= 15 is 0 Å². The summed E-state index contributed by atoms with van der Waals surface area (Å²) in [5.74, 6) is -1.15. The lowest BCUT2D eigenvalue weighted by Gasteiger charge is -2.29. The van der Waals surface area contributed by atoms with E-state index in [-0.39, 0.29) is 5.69 Å². The average Bonchev–Trinajstić information content (AvgIpc) is 2.61. The number of hydrogen-bond donors (Lipinski definition) is 0. The number of aryl methyl sites for hydroxylation is 1.